The number of amides is 1. The van der Waals surface area contributed by atoms with Gasteiger partial charge >= 0.3 is 5.97 Å². The first-order chi connectivity index (χ1) is 8.61. The first-order valence-electron chi connectivity index (χ1n) is 5.85. The van der Waals surface area contributed by atoms with E-state index < -0.39 is 11.9 Å². The Morgan fingerprint density at radius 2 is 2.22 bits per heavy atom. The molecule has 1 aromatic rings. The van der Waals surface area contributed by atoms with Gasteiger partial charge < -0.3 is 15.1 Å². The zero-order chi connectivity index (χ0) is 13.1. The fourth-order valence-corrected chi connectivity index (χ4v) is 2.13. The minimum atomic E-state index is -0.933. The standard InChI is InChI=1S/C13H15NO4/c15-5-4-9-2-1-3-11(6-9)14-8-10(13(17)18)7-12(14)16/h1-3,6,10,15H,4-5,7-8H2,(H,17,18). The predicted molar refractivity (Wildman–Crippen MR) is 65.3 cm³/mol. The van der Waals surface area contributed by atoms with E-state index in [0.29, 0.717) is 12.1 Å². The number of nitrogens with zero attached hydrogens (tertiary/aromatic N) is 1. The molecule has 1 saturated heterocycles. The minimum absolute atomic E-state index is 0.0507. The van der Waals surface area contributed by atoms with Gasteiger partial charge in [0.25, 0.3) is 0 Å². The van der Waals surface area contributed by atoms with Gasteiger partial charge in [0.2, 0.25) is 5.91 Å². The van der Waals surface area contributed by atoms with Gasteiger partial charge in [-0.05, 0) is 24.1 Å². The van der Waals surface area contributed by atoms with E-state index in [1.807, 2.05) is 18.2 Å². The van der Waals surface area contributed by atoms with Crippen molar-refractivity contribution in [3.05, 3.63) is 29.8 Å². The van der Waals surface area contributed by atoms with Crippen LogP contribution in [0.1, 0.15) is 12.0 Å². The average molecular weight is 249 g/mol. The third-order valence-corrected chi connectivity index (χ3v) is 3.10. The molecule has 0 bridgehead atoms. The first kappa shape index (κ1) is 12.6. The Bertz CT molecular complexity index is 472. The van der Waals surface area contributed by atoms with Gasteiger partial charge in [-0.3, -0.25) is 9.59 Å². The van der Waals surface area contributed by atoms with Crippen molar-refractivity contribution in [2.75, 3.05) is 18.1 Å². The number of carbonyl (C=O) groups excluding carboxylic acids is 1. The smallest absolute Gasteiger partial charge is 0.308 e. The summed E-state index contributed by atoms with van der Waals surface area (Å²) in [5.74, 6) is -1.72. The maximum atomic E-state index is 11.8. The lowest BCUT2D eigenvalue weighted by Gasteiger charge is -2.17. The molecule has 0 saturated carbocycles. The molecule has 1 unspecified atom stereocenters. The van der Waals surface area contributed by atoms with Crippen molar-refractivity contribution in [3.8, 4) is 0 Å². The van der Waals surface area contributed by atoms with Gasteiger partial charge in [0.15, 0.2) is 0 Å². The van der Waals surface area contributed by atoms with E-state index in [4.69, 9.17) is 10.2 Å². The largest absolute Gasteiger partial charge is 0.481 e. The second-order valence-electron chi connectivity index (χ2n) is 4.39. The van der Waals surface area contributed by atoms with Crippen molar-refractivity contribution in [3.63, 3.8) is 0 Å². The Morgan fingerprint density at radius 1 is 1.44 bits per heavy atom. The Kier molecular flexibility index (Phi) is 3.62. The molecule has 5 nitrogen and oxygen atoms in total. The zero-order valence-electron chi connectivity index (χ0n) is 9.87. The number of aliphatic hydroxyl groups excluding tert-OH is 1. The van der Waals surface area contributed by atoms with Crippen LogP contribution in [0, 0.1) is 5.92 Å². The van der Waals surface area contributed by atoms with Gasteiger partial charge in [-0.2, -0.15) is 0 Å². The van der Waals surface area contributed by atoms with E-state index in [9.17, 15) is 9.59 Å². The summed E-state index contributed by atoms with van der Waals surface area (Å²) in [7, 11) is 0. The molecule has 5 heteroatoms. The number of hydrogen-bond acceptors (Lipinski definition) is 3. The summed E-state index contributed by atoms with van der Waals surface area (Å²) in [5.41, 5.74) is 1.64. The first-order valence-corrected chi connectivity index (χ1v) is 5.85. The van der Waals surface area contributed by atoms with Crippen molar-refractivity contribution in [2.24, 2.45) is 5.92 Å². The summed E-state index contributed by atoms with van der Waals surface area (Å²) in [4.78, 5) is 24.2. The fourth-order valence-electron chi connectivity index (χ4n) is 2.13. The number of anilines is 1. The number of carboxylic acid groups (broad SMARTS) is 1. The van der Waals surface area contributed by atoms with Crippen molar-refractivity contribution in [1.29, 1.82) is 0 Å². The summed E-state index contributed by atoms with van der Waals surface area (Å²) in [6.07, 6.45) is 0.581. The van der Waals surface area contributed by atoms with Crippen LogP contribution in [-0.2, 0) is 16.0 Å². The summed E-state index contributed by atoms with van der Waals surface area (Å²) in [6.45, 7) is 0.270. The highest BCUT2D eigenvalue weighted by molar-refractivity contribution is 5.99. The molecule has 1 aromatic carbocycles. The van der Waals surface area contributed by atoms with Gasteiger partial charge in [0.1, 0.15) is 0 Å². The third-order valence-electron chi connectivity index (χ3n) is 3.10. The van der Waals surface area contributed by atoms with Gasteiger partial charge in [0.05, 0.1) is 5.92 Å². The van der Waals surface area contributed by atoms with Crippen LogP contribution in [0.2, 0.25) is 0 Å². The van der Waals surface area contributed by atoms with Crippen LogP contribution in [0.5, 0.6) is 0 Å². The van der Waals surface area contributed by atoms with Gasteiger partial charge in [-0.1, -0.05) is 12.1 Å². The number of hydrogen-bond donors (Lipinski definition) is 2. The Balaban J connectivity index is 2.19. The van der Waals surface area contributed by atoms with E-state index >= 15 is 0 Å². The lowest BCUT2D eigenvalue weighted by Crippen LogP contribution is -2.25. The van der Waals surface area contributed by atoms with E-state index in [-0.39, 0.29) is 25.5 Å². The topological polar surface area (TPSA) is 77.8 Å². The maximum Gasteiger partial charge on any atom is 0.308 e. The number of aliphatic hydroxyl groups is 1. The molecule has 1 atom stereocenters. The van der Waals surface area contributed by atoms with Crippen molar-refractivity contribution >= 4 is 17.6 Å². The molecular formula is C13H15NO4. The third kappa shape index (κ3) is 2.51. The summed E-state index contributed by atoms with van der Waals surface area (Å²) < 4.78 is 0. The number of aliphatic carboxylic acids is 1. The number of carbonyl (C=O) groups is 2. The summed E-state index contributed by atoms with van der Waals surface area (Å²) in [6, 6.07) is 7.28. The second kappa shape index (κ2) is 5.18. The SMILES string of the molecule is O=C(O)C1CC(=O)N(c2cccc(CCO)c2)C1. The van der Waals surface area contributed by atoms with Crippen molar-refractivity contribution in [1.82, 2.24) is 0 Å². The van der Waals surface area contributed by atoms with Gasteiger partial charge in [-0.25, -0.2) is 0 Å². The monoisotopic (exact) mass is 249 g/mol. The molecule has 0 radical (unpaired) electrons. The maximum absolute atomic E-state index is 11.8. The van der Waals surface area contributed by atoms with E-state index in [1.165, 1.54) is 4.90 Å². The van der Waals surface area contributed by atoms with Crippen molar-refractivity contribution < 1.29 is 19.8 Å². The Labute approximate surface area is 105 Å². The molecular weight excluding hydrogens is 234 g/mol. The van der Waals surface area contributed by atoms with Crippen LogP contribution in [0.4, 0.5) is 5.69 Å². The van der Waals surface area contributed by atoms with E-state index in [2.05, 4.69) is 0 Å². The zero-order valence-corrected chi connectivity index (χ0v) is 9.87. The fraction of sp³-hybridized carbons (Fsp3) is 0.385. The van der Waals surface area contributed by atoms with E-state index in [1.54, 1.807) is 6.07 Å². The van der Waals surface area contributed by atoms with Gasteiger partial charge in [0, 0.05) is 25.3 Å². The van der Waals surface area contributed by atoms with Crippen LogP contribution in [0.3, 0.4) is 0 Å². The molecule has 0 aliphatic carbocycles. The molecule has 1 amide bonds. The molecule has 1 fully saturated rings. The van der Waals surface area contributed by atoms with Crippen LogP contribution in [-0.4, -0.2) is 35.2 Å². The number of benzene rings is 1. The Morgan fingerprint density at radius 3 is 2.83 bits per heavy atom. The van der Waals surface area contributed by atoms with Crippen LogP contribution < -0.4 is 4.90 Å². The summed E-state index contributed by atoms with van der Waals surface area (Å²) >= 11 is 0. The molecule has 2 N–H and O–H groups in total. The number of rotatable bonds is 4. The molecule has 96 valence electrons. The molecule has 18 heavy (non-hydrogen) atoms. The molecule has 1 aliphatic heterocycles. The van der Waals surface area contributed by atoms with Crippen LogP contribution in [0.25, 0.3) is 0 Å². The molecule has 1 aliphatic rings. The summed E-state index contributed by atoms with van der Waals surface area (Å²) in [5, 5.41) is 17.8. The molecule has 0 aromatic heterocycles. The molecule has 1 heterocycles. The highest BCUT2D eigenvalue weighted by Gasteiger charge is 2.34. The highest BCUT2D eigenvalue weighted by atomic mass is 16.4. The van der Waals surface area contributed by atoms with Gasteiger partial charge in [-0.15, -0.1) is 0 Å². The van der Waals surface area contributed by atoms with Crippen molar-refractivity contribution in [2.45, 2.75) is 12.8 Å². The lowest BCUT2D eigenvalue weighted by atomic mass is 10.1. The van der Waals surface area contributed by atoms with Crippen LogP contribution in [0.15, 0.2) is 24.3 Å². The number of carboxylic acids is 1. The highest BCUT2D eigenvalue weighted by Crippen LogP contribution is 2.25. The second-order valence-corrected chi connectivity index (χ2v) is 4.39. The normalized spacial score (nSPS) is 19.3. The quantitative estimate of drug-likeness (QED) is 0.821. The molecule has 0 spiro atoms. The lowest BCUT2D eigenvalue weighted by molar-refractivity contribution is -0.141. The minimum Gasteiger partial charge on any atom is -0.481 e. The Hall–Kier alpha value is -1.88. The van der Waals surface area contributed by atoms with E-state index in [0.717, 1.165) is 5.56 Å². The molecule has 2 rings (SSSR count). The van der Waals surface area contributed by atoms with Crippen LogP contribution >= 0.6 is 0 Å². The average Bonchev–Trinajstić information content (AvgIpc) is 2.72. The predicted octanol–water partition coefficient (Wildman–Crippen LogP) is 0.659.